The lowest BCUT2D eigenvalue weighted by atomic mass is 9.53. The molecule has 0 spiro atoms. The van der Waals surface area contributed by atoms with Gasteiger partial charge in [-0.15, -0.1) is 0 Å². The zero-order valence-electron chi connectivity index (χ0n) is 14.0. The van der Waals surface area contributed by atoms with Crippen molar-refractivity contribution in [1.82, 2.24) is 0 Å². The number of rotatable bonds is 1. The molecule has 0 aromatic carbocycles. The van der Waals surface area contributed by atoms with E-state index in [1.165, 1.54) is 5.57 Å². The first-order valence-corrected chi connectivity index (χ1v) is 9.03. The number of aliphatic hydroxyl groups is 1. The molecule has 0 bridgehead atoms. The minimum Gasteiger partial charge on any atom is -0.392 e. The molecule has 0 heterocycles. The van der Waals surface area contributed by atoms with Crippen molar-refractivity contribution < 1.29 is 14.7 Å². The Labute approximate surface area is 137 Å². The van der Waals surface area contributed by atoms with Crippen LogP contribution in [-0.4, -0.2) is 22.8 Å². The molecule has 0 radical (unpaired) electrons. The van der Waals surface area contributed by atoms with Crippen molar-refractivity contribution in [3.8, 4) is 0 Å². The first-order valence-electron chi connectivity index (χ1n) is 9.03. The van der Waals surface area contributed by atoms with E-state index in [-0.39, 0.29) is 22.9 Å². The number of fused-ring (bicyclic) bond motifs is 5. The third-order valence-corrected chi connectivity index (χ3v) is 7.34. The summed E-state index contributed by atoms with van der Waals surface area (Å²) in [6, 6.07) is 0. The number of carbonyl (C=O) groups excluding carboxylic acids is 2. The SMILES string of the molecule is CC(=O)C1[C@H](O)CC2C3C=CC4=CC(=O)CCC4C3CCC21C. The number of hydrogen-bond donors (Lipinski definition) is 1. The first kappa shape index (κ1) is 15.3. The van der Waals surface area contributed by atoms with Gasteiger partial charge in [0.05, 0.1) is 6.10 Å². The second kappa shape index (κ2) is 5.14. The quantitative estimate of drug-likeness (QED) is 0.809. The molecule has 7 atom stereocenters. The molecule has 2 fully saturated rings. The second-order valence-electron chi connectivity index (χ2n) is 8.40. The van der Waals surface area contributed by atoms with E-state index in [0.717, 1.165) is 25.7 Å². The van der Waals surface area contributed by atoms with E-state index in [1.54, 1.807) is 6.92 Å². The maximum absolute atomic E-state index is 12.1. The van der Waals surface area contributed by atoms with Gasteiger partial charge in [0.1, 0.15) is 5.78 Å². The van der Waals surface area contributed by atoms with Gasteiger partial charge in [0.15, 0.2) is 5.78 Å². The highest BCUT2D eigenvalue weighted by Crippen LogP contribution is 2.62. The molecule has 0 aliphatic heterocycles. The van der Waals surface area contributed by atoms with Crippen LogP contribution in [0.3, 0.4) is 0 Å². The highest BCUT2D eigenvalue weighted by molar-refractivity contribution is 5.92. The minimum absolute atomic E-state index is 0.0670. The number of aliphatic hydroxyl groups excluding tert-OH is 1. The van der Waals surface area contributed by atoms with Gasteiger partial charge in [0.25, 0.3) is 0 Å². The largest absolute Gasteiger partial charge is 0.392 e. The van der Waals surface area contributed by atoms with E-state index in [2.05, 4.69) is 19.1 Å². The summed E-state index contributed by atoms with van der Waals surface area (Å²) in [5.41, 5.74) is 1.15. The van der Waals surface area contributed by atoms with Gasteiger partial charge >= 0.3 is 0 Å². The molecule has 23 heavy (non-hydrogen) atoms. The van der Waals surface area contributed by atoms with Crippen molar-refractivity contribution >= 4 is 11.6 Å². The summed E-state index contributed by atoms with van der Waals surface area (Å²) in [7, 11) is 0. The fourth-order valence-electron chi connectivity index (χ4n) is 6.41. The molecule has 0 saturated heterocycles. The monoisotopic (exact) mass is 314 g/mol. The molecule has 4 aliphatic rings. The van der Waals surface area contributed by atoms with Crippen LogP contribution < -0.4 is 0 Å². The molecule has 6 unspecified atom stereocenters. The smallest absolute Gasteiger partial charge is 0.155 e. The van der Waals surface area contributed by atoms with Crippen LogP contribution in [0.4, 0.5) is 0 Å². The Hall–Kier alpha value is -1.22. The van der Waals surface area contributed by atoms with E-state index >= 15 is 0 Å². The molecule has 2 saturated carbocycles. The van der Waals surface area contributed by atoms with E-state index in [4.69, 9.17) is 0 Å². The fraction of sp³-hybridized carbons (Fsp3) is 0.700. The van der Waals surface area contributed by atoms with Gasteiger partial charge in [0.2, 0.25) is 0 Å². The van der Waals surface area contributed by atoms with Crippen molar-refractivity contribution in [3.05, 3.63) is 23.8 Å². The third kappa shape index (κ3) is 2.12. The lowest BCUT2D eigenvalue weighted by molar-refractivity contribution is -0.129. The van der Waals surface area contributed by atoms with Crippen LogP contribution in [0.1, 0.15) is 46.0 Å². The average Bonchev–Trinajstić information content (AvgIpc) is 2.77. The van der Waals surface area contributed by atoms with Gasteiger partial charge in [0, 0.05) is 12.3 Å². The van der Waals surface area contributed by atoms with Gasteiger partial charge in [-0.05, 0) is 73.3 Å². The predicted molar refractivity (Wildman–Crippen MR) is 87.6 cm³/mol. The lowest BCUT2D eigenvalue weighted by Gasteiger charge is -2.51. The molecular formula is C20H26O3. The third-order valence-electron chi connectivity index (χ3n) is 7.34. The number of allylic oxidation sites excluding steroid dienone is 4. The Kier molecular flexibility index (Phi) is 3.42. The van der Waals surface area contributed by atoms with Crippen LogP contribution in [0.2, 0.25) is 0 Å². The molecule has 0 aromatic heterocycles. The molecule has 4 aliphatic carbocycles. The van der Waals surface area contributed by atoms with E-state index in [0.29, 0.717) is 30.1 Å². The maximum atomic E-state index is 12.1. The Morgan fingerprint density at radius 1 is 1.35 bits per heavy atom. The van der Waals surface area contributed by atoms with Crippen LogP contribution in [0.25, 0.3) is 0 Å². The Balaban J connectivity index is 1.70. The van der Waals surface area contributed by atoms with E-state index < -0.39 is 6.10 Å². The van der Waals surface area contributed by atoms with Gasteiger partial charge in [-0.3, -0.25) is 9.59 Å². The number of ketones is 2. The highest BCUT2D eigenvalue weighted by atomic mass is 16.3. The molecule has 4 rings (SSSR count). The van der Waals surface area contributed by atoms with Crippen molar-refractivity contribution in [3.63, 3.8) is 0 Å². The van der Waals surface area contributed by atoms with Gasteiger partial charge in [-0.1, -0.05) is 19.1 Å². The van der Waals surface area contributed by atoms with Gasteiger partial charge < -0.3 is 5.11 Å². The average molecular weight is 314 g/mol. The number of carbonyl (C=O) groups is 2. The Morgan fingerprint density at radius 3 is 2.87 bits per heavy atom. The summed E-state index contributed by atoms with van der Waals surface area (Å²) in [6.45, 7) is 3.86. The predicted octanol–water partition coefficient (Wildman–Crippen LogP) is 3.08. The Bertz CT molecular complexity index is 616. The van der Waals surface area contributed by atoms with Gasteiger partial charge in [-0.25, -0.2) is 0 Å². The fourth-order valence-corrected chi connectivity index (χ4v) is 6.41. The molecule has 1 N–H and O–H groups in total. The van der Waals surface area contributed by atoms with Crippen molar-refractivity contribution in [1.29, 1.82) is 0 Å². The summed E-state index contributed by atoms with van der Waals surface area (Å²) < 4.78 is 0. The zero-order chi connectivity index (χ0) is 16.4. The van der Waals surface area contributed by atoms with E-state index in [1.807, 2.05) is 6.08 Å². The standard InChI is InChI=1S/C20H26O3/c1-11(21)19-18(23)10-17-16-5-3-12-9-13(22)4-6-14(12)15(16)7-8-20(17,19)2/h3,5,9,14-19,23H,4,6-8,10H2,1-2H3/t14?,15?,16?,17?,18-,19?,20?/m1/s1. The van der Waals surface area contributed by atoms with Crippen molar-refractivity contribution in [2.24, 2.45) is 35.0 Å². The molecule has 3 heteroatoms. The summed E-state index contributed by atoms with van der Waals surface area (Å²) in [5.74, 6) is 2.11. The molecule has 124 valence electrons. The molecule has 0 aromatic rings. The van der Waals surface area contributed by atoms with Crippen LogP contribution in [0, 0.1) is 35.0 Å². The van der Waals surface area contributed by atoms with Crippen LogP contribution in [-0.2, 0) is 9.59 Å². The van der Waals surface area contributed by atoms with Gasteiger partial charge in [-0.2, -0.15) is 0 Å². The van der Waals surface area contributed by atoms with Crippen molar-refractivity contribution in [2.45, 2.75) is 52.1 Å². The van der Waals surface area contributed by atoms with Crippen molar-refractivity contribution in [2.75, 3.05) is 0 Å². The minimum atomic E-state index is -0.487. The summed E-state index contributed by atoms with van der Waals surface area (Å²) in [4.78, 5) is 23.8. The molecule has 0 amide bonds. The molecular weight excluding hydrogens is 288 g/mol. The summed E-state index contributed by atoms with van der Waals surface area (Å²) in [6.07, 6.45) is 10.3. The number of Topliss-reactive ketones (excluding diaryl/α,β-unsaturated/α-hetero) is 1. The first-order chi connectivity index (χ1) is 10.9. The summed E-state index contributed by atoms with van der Waals surface area (Å²) >= 11 is 0. The zero-order valence-corrected chi connectivity index (χ0v) is 14.0. The van der Waals surface area contributed by atoms with E-state index in [9.17, 15) is 14.7 Å². The summed E-state index contributed by atoms with van der Waals surface area (Å²) in [5, 5.41) is 10.5. The second-order valence-corrected chi connectivity index (χ2v) is 8.40. The van der Waals surface area contributed by atoms with Crippen LogP contribution in [0.15, 0.2) is 23.8 Å². The topological polar surface area (TPSA) is 54.4 Å². The van der Waals surface area contributed by atoms with Crippen LogP contribution in [0.5, 0.6) is 0 Å². The Morgan fingerprint density at radius 2 is 2.13 bits per heavy atom. The molecule has 3 nitrogen and oxygen atoms in total. The normalized spacial score (nSPS) is 48.3. The maximum Gasteiger partial charge on any atom is 0.155 e. The lowest BCUT2D eigenvalue weighted by Crippen LogP contribution is -2.46. The number of hydrogen-bond acceptors (Lipinski definition) is 3. The highest BCUT2D eigenvalue weighted by Gasteiger charge is 2.59. The van der Waals surface area contributed by atoms with Crippen LogP contribution >= 0.6 is 0 Å².